The molecular formula is C26H24F6N2O. The van der Waals surface area contributed by atoms with Gasteiger partial charge in [0.25, 0.3) is 0 Å². The lowest BCUT2D eigenvalue weighted by molar-refractivity contribution is -0.200. The summed E-state index contributed by atoms with van der Waals surface area (Å²) in [7, 11) is 0. The second kappa shape index (κ2) is 9.45. The van der Waals surface area contributed by atoms with Gasteiger partial charge in [0, 0.05) is 13.1 Å². The van der Waals surface area contributed by atoms with Gasteiger partial charge < -0.3 is 14.9 Å². The number of halogens is 6. The molecule has 0 fully saturated rings. The summed E-state index contributed by atoms with van der Waals surface area (Å²) in [6.07, 6.45) is -11.8. The highest BCUT2D eigenvalue weighted by atomic mass is 19.4. The molecule has 0 aromatic heterocycles. The fourth-order valence-corrected chi connectivity index (χ4v) is 4.51. The lowest BCUT2D eigenvalue weighted by Gasteiger charge is -2.45. The van der Waals surface area contributed by atoms with E-state index in [0.29, 0.717) is 22.5 Å². The van der Waals surface area contributed by atoms with Crippen molar-refractivity contribution in [2.75, 3.05) is 22.9 Å². The predicted molar refractivity (Wildman–Crippen MR) is 122 cm³/mol. The van der Waals surface area contributed by atoms with Gasteiger partial charge in [-0.05, 0) is 42.3 Å². The number of aryl methyl sites for hydroxylation is 1. The molecule has 0 aliphatic carbocycles. The van der Waals surface area contributed by atoms with Crippen LogP contribution in [-0.4, -0.2) is 30.5 Å². The second-order valence-electron chi connectivity index (χ2n) is 8.71. The quantitative estimate of drug-likeness (QED) is 0.410. The average Bonchev–Trinajstić information content (AvgIpc) is 2.79. The number of hydrogen-bond donors (Lipinski definition) is 1. The zero-order valence-corrected chi connectivity index (χ0v) is 18.8. The number of para-hydroxylation sites is 2. The Morgan fingerprint density at radius 3 is 2.14 bits per heavy atom. The first kappa shape index (κ1) is 24.9. The summed E-state index contributed by atoms with van der Waals surface area (Å²) in [5.74, 6) is 0. The third-order valence-electron chi connectivity index (χ3n) is 6.07. The Hall–Kier alpha value is -3.20. The maximum Gasteiger partial charge on any atom is 0.416 e. The van der Waals surface area contributed by atoms with Crippen LogP contribution in [0.4, 0.5) is 37.7 Å². The molecule has 3 aromatic rings. The average molecular weight is 494 g/mol. The molecule has 1 aliphatic heterocycles. The number of nitrogens with zero attached hydrogens (tertiary/aromatic N) is 2. The van der Waals surface area contributed by atoms with Gasteiger partial charge in [-0.1, -0.05) is 54.1 Å². The number of rotatable bonds is 5. The summed E-state index contributed by atoms with van der Waals surface area (Å²) in [5, 5.41) is 9.88. The van der Waals surface area contributed by atoms with E-state index in [4.69, 9.17) is 0 Å². The number of aliphatic hydroxyl groups is 1. The summed E-state index contributed by atoms with van der Waals surface area (Å²) in [5.41, 5.74) is 1.97. The topological polar surface area (TPSA) is 26.7 Å². The third kappa shape index (κ3) is 5.56. The van der Waals surface area contributed by atoms with Crippen LogP contribution in [0.2, 0.25) is 0 Å². The van der Waals surface area contributed by atoms with Crippen molar-refractivity contribution in [1.82, 2.24) is 0 Å². The zero-order chi connectivity index (χ0) is 25.4. The predicted octanol–water partition coefficient (Wildman–Crippen LogP) is 6.50. The van der Waals surface area contributed by atoms with Gasteiger partial charge in [0.1, 0.15) is 0 Å². The third-order valence-corrected chi connectivity index (χ3v) is 6.07. The monoisotopic (exact) mass is 494 g/mol. The molecule has 3 nitrogen and oxygen atoms in total. The molecule has 0 saturated heterocycles. The van der Waals surface area contributed by atoms with Crippen LogP contribution in [0.25, 0.3) is 0 Å². The fourth-order valence-electron chi connectivity index (χ4n) is 4.51. The van der Waals surface area contributed by atoms with Crippen molar-refractivity contribution in [3.05, 3.63) is 95.1 Å². The minimum atomic E-state index is -4.79. The SMILES string of the molecule is Cc1cc(CN2C[C@@H](c3ccccc3)N(C[C@@H](O)C(F)(F)F)c3ccccc32)cc(C(F)(F)F)c1. The van der Waals surface area contributed by atoms with Gasteiger partial charge in [0.05, 0.1) is 29.5 Å². The van der Waals surface area contributed by atoms with Crippen LogP contribution < -0.4 is 9.80 Å². The maximum absolute atomic E-state index is 13.4. The Kier molecular flexibility index (Phi) is 6.73. The molecule has 4 rings (SSSR count). The van der Waals surface area contributed by atoms with Crippen molar-refractivity contribution >= 4 is 11.4 Å². The summed E-state index contributed by atoms with van der Waals surface area (Å²) >= 11 is 0. The molecule has 9 heteroatoms. The van der Waals surface area contributed by atoms with Crippen LogP contribution in [0.1, 0.15) is 28.3 Å². The minimum Gasteiger partial charge on any atom is -0.382 e. The molecular weight excluding hydrogens is 470 g/mol. The Balaban J connectivity index is 1.76. The molecule has 0 amide bonds. The van der Waals surface area contributed by atoms with Gasteiger partial charge in [-0.2, -0.15) is 26.3 Å². The van der Waals surface area contributed by atoms with Crippen LogP contribution >= 0.6 is 0 Å². The minimum absolute atomic E-state index is 0.140. The molecule has 3 aromatic carbocycles. The largest absolute Gasteiger partial charge is 0.416 e. The van der Waals surface area contributed by atoms with E-state index < -0.39 is 36.6 Å². The standard InChI is InChI=1S/C26H24F6N2O/c1-17-11-18(13-20(12-17)25(27,28)29)14-33-15-23(19-7-3-2-4-8-19)34(16-24(35)26(30,31)32)22-10-6-5-9-21(22)33/h2-13,23-24,35H,14-16H2,1H3/t23-,24+/m0/s1. The number of fused-ring (bicyclic) bond motifs is 1. The zero-order valence-electron chi connectivity index (χ0n) is 18.8. The van der Waals surface area contributed by atoms with Crippen LogP contribution in [0.3, 0.4) is 0 Å². The molecule has 0 bridgehead atoms. The van der Waals surface area contributed by atoms with E-state index in [1.807, 2.05) is 4.90 Å². The molecule has 1 N–H and O–H groups in total. The fraction of sp³-hybridized carbons (Fsp3) is 0.308. The smallest absolute Gasteiger partial charge is 0.382 e. The van der Waals surface area contributed by atoms with Crippen LogP contribution in [0, 0.1) is 6.92 Å². The highest BCUT2D eigenvalue weighted by Gasteiger charge is 2.42. The van der Waals surface area contributed by atoms with Crippen molar-refractivity contribution in [3.8, 4) is 0 Å². The summed E-state index contributed by atoms with van der Waals surface area (Å²) < 4.78 is 79.9. The molecule has 2 atom stereocenters. The van der Waals surface area contributed by atoms with Gasteiger partial charge in [-0.25, -0.2) is 0 Å². The number of aliphatic hydroxyl groups excluding tert-OH is 1. The van der Waals surface area contributed by atoms with E-state index >= 15 is 0 Å². The molecule has 1 aliphatic rings. The summed E-state index contributed by atoms with van der Waals surface area (Å²) in [4.78, 5) is 3.40. The van der Waals surface area contributed by atoms with Gasteiger partial charge in [0.15, 0.2) is 6.10 Å². The van der Waals surface area contributed by atoms with Crippen molar-refractivity contribution in [1.29, 1.82) is 0 Å². The molecule has 35 heavy (non-hydrogen) atoms. The van der Waals surface area contributed by atoms with E-state index in [0.717, 1.165) is 17.7 Å². The molecule has 186 valence electrons. The number of alkyl halides is 6. The van der Waals surface area contributed by atoms with Crippen molar-refractivity contribution in [2.45, 2.75) is 38.0 Å². The normalized spacial score (nSPS) is 17.3. The molecule has 1 heterocycles. The van der Waals surface area contributed by atoms with Crippen LogP contribution in [0.15, 0.2) is 72.8 Å². The van der Waals surface area contributed by atoms with Gasteiger partial charge in [0.2, 0.25) is 0 Å². The molecule has 0 spiro atoms. The summed E-state index contributed by atoms with van der Waals surface area (Å²) in [6.45, 7) is 1.29. The van der Waals surface area contributed by atoms with Crippen LogP contribution in [0.5, 0.6) is 0 Å². The molecule has 0 saturated carbocycles. The van der Waals surface area contributed by atoms with Gasteiger partial charge in [-0.3, -0.25) is 0 Å². The van der Waals surface area contributed by atoms with Crippen molar-refractivity contribution in [3.63, 3.8) is 0 Å². The van der Waals surface area contributed by atoms with E-state index in [1.165, 1.54) is 4.90 Å². The second-order valence-corrected chi connectivity index (χ2v) is 8.71. The Morgan fingerprint density at radius 1 is 0.886 bits per heavy atom. The lowest BCUT2D eigenvalue weighted by Crippen LogP contribution is -2.49. The number of benzene rings is 3. The number of β-amino-alcohol motifs (C(OH)–C–C–N with tert-alkyl or cyclic N) is 1. The molecule has 0 unspecified atom stereocenters. The number of anilines is 2. The Labute approximate surface area is 199 Å². The van der Waals surface area contributed by atoms with Crippen molar-refractivity contribution in [2.24, 2.45) is 0 Å². The highest BCUT2D eigenvalue weighted by molar-refractivity contribution is 5.74. The lowest BCUT2D eigenvalue weighted by atomic mass is 9.97. The van der Waals surface area contributed by atoms with Crippen LogP contribution in [-0.2, 0) is 12.7 Å². The first-order valence-corrected chi connectivity index (χ1v) is 11.0. The first-order valence-electron chi connectivity index (χ1n) is 11.0. The highest BCUT2D eigenvalue weighted by Crippen LogP contribution is 2.42. The molecule has 0 radical (unpaired) electrons. The van der Waals surface area contributed by atoms with E-state index in [-0.39, 0.29) is 13.1 Å². The Morgan fingerprint density at radius 2 is 1.51 bits per heavy atom. The van der Waals surface area contributed by atoms with Gasteiger partial charge in [-0.15, -0.1) is 0 Å². The van der Waals surface area contributed by atoms with E-state index in [2.05, 4.69) is 0 Å². The maximum atomic E-state index is 13.4. The van der Waals surface area contributed by atoms with Crippen molar-refractivity contribution < 1.29 is 31.4 Å². The van der Waals surface area contributed by atoms with Gasteiger partial charge >= 0.3 is 12.4 Å². The first-order chi connectivity index (χ1) is 16.4. The number of hydrogen-bond acceptors (Lipinski definition) is 3. The summed E-state index contributed by atoms with van der Waals surface area (Å²) in [6, 6.07) is 19.0. The van der Waals surface area contributed by atoms with E-state index in [9.17, 15) is 31.4 Å². The van der Waals surface area contributed by atoms with E-state index in [1.54, 1.807) is 67.6 Å². The Bertz CT molecular complexity index is 1160.